The van der Waals surface area contributed by atoms with Gasteiger partial charge in [0.1, 0.15) is 0 Å². The fraction of sp³-hybridized carbons (Fsp3) is 0.545. The van der Waals surface area contributed by atoms with Crippen molar-refractivity contribution in [2.75, 3.05) is 27.8 Å². The molecule has 2 heterocycles. The second-order valence-electron chi connectivity index (χ2n) is 8.50. The zero-order valence-electron chi connectivity index (χ0n) is 16.9. The van der Waals surface area contributed by atoms with E-state index in [0.717, 1.165) is 48.6 Å². The smallest absolute Gasteiger partial charge is 0.166 e. The number of fused-ring (bicyclic) bond motifs is 4. The largest absolute Gasteiger partial charge is 0.493 e. The third-order valence-electron chi connectivity index (χ3n) is 6.15. The molecule has 0 radical (unpaired) electrons. The minimum absolute atomic E-state index is 0.00542. The second-order valence-corrected chi connectivity index (χ2v) is 8.50. The molecule has 3 aliphatic rings. The van der Waals surface area contributed by atoms with Crippen LogP contribution in [0, 0.1) is 5.41 Å². The number of carbonyl (C=O) groups is 1. The van der Waals surface area contributed by atoms with Crippen LogP contribution in [-0.2, 0) is 11.2 Å². The predicted molar refractivity (Wildman–Crippen MR) is 106 cm³/mol. The molecule has 0 spiro atoms. The molecule has 1 unspecified atom stereocenters. The molecular weight excluding hydrogens is 340 g/mol. The summed E-state index contributed by atoms with van der Waals surface area (Å²) in [5, 5.41) is 0. The molecule has 1 aromatic rings. The lowest BCUT2D eigenvalue weighted by molar-refractivity contribution is -0.118. The number of benzene rings is 1. The van der Waals surface area contributed by atoms with E-state index in [4.69, 9.17) is 9.47 Å². The first-order chi connectivity index (χ1) is 12.9. The molecule has 5 nitrogen and oxygen atoms in total. The molecule has 1 atom stereocenters. The molecule has 0 amide bonds. The molecule has 4 rings (SSSR count). The highest BCUT2D eigenvalue weighted by molar-refractivity contribution is 6.24. The van der Waals surface area contributed by atoms with Gasteiger partial charge in [-0.2, -0.15) is 0 Å². The average molecular weight is 368 g/mol. The molecule has 1 aromatic carbocycles. The maximum Gasteiger partial charge on any atom is 0.166 e. The number of hydrogen-bond acceptors (Lipinski definition) is 5. The monoisotopic (exact) mass is 368 g/mol. The van der Waals surface area contributed by atoms with Gasteiger partial charge in [-0.05, 0) is 41.5 Å². The van der Waals surface area contributed by atoms with Gasteiger partial charge in [0.2, 0.25) is 0 Å². The van der Waals surface area contributed by atoms with Gasteiger partial charge >= 0.3 is 0 Å². The molecule has 0 saturated heterocycles. The van der Waals surface area contributed by atoms with Crippen molar-refractivity contribution in [2.45, 2.75) is 45.6 Å². The Balaban J connectivity index is 1.84. The summed E-state index contributed by atoms with van der Waals surface area (Å²) >= 11 is 0. The Kier molecular flexibility index (Phi) is 4.28. The van der Waals surface area contributed by atoms with E-state index < -0.39 is 0 Å². The minimum atomic E-state index is -0.00542. The molecule has 5 heteroatoms. The van der Waals surface area contributed by atoms with E-state index in [1.807, 2.05) is 0 Å². The van der Waals surface area contributed by atoms with Gasteiger partial charge in [-0.1, -0.05) is 13.8 Å². The van der Waals surface area contributed by atoms with Gasteiger partial charge in [0.25, 0.3) is 0 Å². The normalized spacial score (nSPS) is 25.1. The van der Waals surface area contributed by atoms with Crippen LogP contribution in [0.2, 0.25) is 0 Å². The van der Waals surface area contributed by atoms with E-state index >= 15 is 0 Å². The Labute approximate surface area is 161 Å². The Hall–Kier alpha value is -2.30. The van der Waals surface area contributed by atoms with E-state index in [0.29, 0.717) is 6.42 Å². The third-order valence-corrected chi connectivity index (χ3v) is 6.15. The summed E-state index contributed by atoms with van der Waals surface area (Å²) in [6.45, 7) is 5.30. The van der Waals surface area contributed by atoms with Crippen molar-refractivity contribution in [1.29, 1.82) is 0 Å². The van der Waals surface area contributed by atoms with E-state index in [-0.39, 0.29) is 17.2 Å². The van der Waals surface area contributed by atoms with Crippen LogP contribution < -0.4 is 9.47 Å². The zero-order chi connectivity index (χ0) is 19.3. The first kappa shape index (κ1) is 18.1. The van der Waals surface area contributed by atoms with E-state index in [1.54, 1.807) is 21.3 Å². The lowest BCUT2D eigenvalue weighted by Gasteiger charge is -2.48. The summed E-state index contributed by atoms with van der Waals surface area (Å²) in [5.41, 5.74) is 5.59. The molecular formula is C22H28N2O3. The first-order valence-electron chi connectivity index (χ1n) is 9.62. The zero-order valence-corrected chi connectivity index (χ0v) is 16.9. The van der Waals surface area contributed by atoms with Crippen molar-refractivity contribution in [3.8, 4) is 11.5 Å². The molecule has 1 aliphatic carbocycles. The van der Waals surface area contributed by atoms with Crippen LogP contribution in [0.1, 0.15) is 50.3 Å². The third kappa shape index (κ3) is 2.84. The predicted octanol–water partition coefficient (Wildman–Crippen LogP) is 3.72. The van der Waals surface area contributed by atoms with Crippen molar-refractivity contribution in [3.05, 3.63) is 34.5 Å². The van der Waals surface area contributed by atoms with Crippen molar-refractivity contribution >= 4 is 11.5 Å². The van der Waals surface area contributed by atoms with Gasteiger partial charge in [-0.25, -0.2) is 0 Å². The quantitative estimate of drug-likeness (QED) is 0.798. The van der Waals surface area contributed by atoms with Crippen LogP contribution in [0.25, 0.3) is 0 Å². The van der Waals surface area contributed by atoms with Crippen LogP contribution in [0.5, 0.6) is 11.5 Å². The Morgan fingerprint density at radius 1 is 1.15 bits per heavy atom. The van der Waals surface area contributed by atoms with Gasteiger partial charge in [-0.15, -0.1) is 0 Å². The topological polar surface area (TPSA) is 51.1 Å². The van der Waals surface area contributed by atoms with E-state index in [2.05, 4.69) is 35.9 Å². The molecule has 0 bridgehead atoms. The number of aliphatic imine (C=N–C) groups is 1. The van der Waals surface area contributed by atoms with Crippen LogP contribution in [-0.4, -0.2) is 44.2 Å². The molecule has 0 fully saturated rings. The lowest BCUT2D eigenvalue weighted by Crippen LogP contribution is -2.45. The lowest BCUT2D eigenvalue weighted by atomic mass is 9.71. The van der Waals surface area contributed by atoms with Crippen LogP contribution in [0.4, 0.5) is 0 Å². The highest BCUT2D eigenvalue weighted by Crippen LogP contribution is 2.49. The SMILES string of the molecule is CN=C1CC2c3cc(OC)c(OC)cc3CCN2C2=C1C(=O)CC(C)(C)C2. The molecule has 2 aliphatic heterocycles. The summed E-state index contributed by atoms with van der Waals surface area (Å²) in [6, 6.07) is 4.42. The number of ketones is 1. The van der Waals surface area contributed by atoms with Crippen molar-refractivity contribution in [1.82, 2.24) is 4.90 Å². The average Bonchev–Trinajstić information content (AvgIpc) is 2.64. The first-order valence-corrected chi connectivity index (χ1v) is 9.62. The van der Waals surface area contributed by atoms with Crippen LogP contribution in [0.3, 0.4) is 0 Å². The Bertz CT molecular complexity index is 867. The summed E-state index contributed by atoms with van der Waals surface area (Å²) in [5.74, 6) is 1.78. The number of ether oxygens (including phenoxy) is 2. The molecule has 144 valence electrons. The molecule has 0 saturated carbocycles. The maximum atomic E-state index is 12.9. The number of rotatable bonds is 2. The summed E-state index contributed by atoms with van der Waals surface area (Å²) in [6.07, 6.45) is 3.23. The highest BCUT2D eigenvalue weighted by Gasteiger charge is 2.44. The van der Waals surface area contributed by atoms with E-state index in [1.165, 1.54) is 16.8 Å². The van der Waals surface area contributed by atoms with Gasteiger partial charge < -0.3 is 14.4 Å². The van der Waals surface area contributed by atoms with Gasteiger partial charge in [0, 0.05) is 37.8 Å². The van der Waals surface area contributed by atoms with Crippen molar-refractivity contribution < 1.29 is 14.3 Å². The molecule has 0 N–H and O–H groups in total. The summed E-state index contributed by atoms with van der Waals surface area (Å²) < 4.78 is 11.0. The Morgan fingerprint density at radius 2 is 1.85 bits per heavy atom. The van der Waals surface area contributed by atoms with Gasteiger partial charge in [0.15, 0.2) is 17.3 Å². The van der Waals surface area contributed by atoms with Gasteiger partial charge in [0.05, 0.1) is 25.8 Å². The maximum absolute atomic E-state index is 12.9. The fourth-order valence-corrected chi connectivity index (χ4v) is 4.92. The van der Waals surface area contributed by atoms with E-state index in [9.17, 15) is 4.79 Å². The minimum Gasteiger partial charge on any atom is -0.493 e. The summed E-state index contributed by atoms with van der Waals surface area (Å²) in [7, 11) is 5.16. The number of carbonyl (C=O) groups excluding carboxylic acids is 1. The molecule has 27 heavy (non-hydrogen) atoms. The van der Waals surface area contributed by atoms with Crippen LogP contribution >= 0.6 is 0 Å². The highest BCUT2D eigenvalue weighted by atomic mass is 16.5. The number of hydrogen-bond donors (Lipinski definition) is 0. The van der Waals surface area contributed by atoms with Crippen LogP contribution in [0.15, 0.2) is 28.4 Å². The standard InChI is InChI=1S/C22H28N2O3/c1-22(2)11-17-21(18(25)12-22)15(23-3)10-16-14-9-20(27-5)19(26-4)8-13(14)6-7-24(16)17/h8-9,16H,6-7,10-12H2,1-5H3. The Morgan fingerprint density at radius 3 is 2.52 bits per heavy atom. The number of allylic oxidation sites excluding steroid dienone is 2. The van der Waals surface area contributed by atoms with Gasteiger partial charge in [-0.3, -0.25) is 9.79 Å². The van der Waals surface area contributed by atoms with Crippen molar-refractivity contribution in [2.24, 2.45) is 10.4 Å². The number of methoxy groups -OCH3 is 2. The fourth-order valence-electron chi connectivity index (χ4n) is 4.92. The van der Waals surface area contributed by atoms with Crippen molar-refractivity contribution in [3.63, 3.8) is 0 Å². The summed E-state index contributed by atoms with van der Waals surface area (Å²) in [4.78, 5) is 19.9. The second kappa shape index (κ2) is 6.39. The number of Topliss-reactive ketones (excluding diaryl/α,β-unsaturated/α-hetero) is 1. The number of nitrogens with zero attached hydrogens (tertiary/aromatic N) is 2. The molecule has 0 aromatic heterocycles.